The Morgan fingerprint density at radius 2 is 2.03 bits per heavy atom. The Bertz CT molecular complexity index is 1060. The van der Waals surface area contributed by atoms with Crippen LogP contribution in [0.4, 0.5) is 23.2 Å². The molecule has 5 nitrogen and oxygen atoms in total. The molecule has 0 unspecified atom stereocenters. The van der Waals surface area contributed by atoms with Crippen LogP contribution in [-0.2, 0) is 6.18 Å². The fraction of sp³-hybridized carbons (Fsp3) is 0.478. The van der Waals surface area contributed by atoms with Gasteiger partial charge < -0.3 is 16.0 Å². The molecule has 2 aliphatic rings. The summed E-state index contributed by atoms with van der Waals surface area (Å²) in [6, 6.07) is 3.09. The molecular weight excluding hydrogens is 460 g/mol. The van der Waals surface area contributed by atoms with E-state index in [2.05, 4.69) is 10.3 Å². The maximum Gasteiger partial charge on any atom is 0.434 e. The summed E-state index contributed by atoms with van der Waals surface area (Å²) in [5, 5.41) is 2.82. The van der Waals surface area contributed by atoms with Crippen molar-refractivity contribution in [2.75, 3.05) is 18.0 Å². The minimum atomic E-state index is -4.84. The number of nitrogens with zero attached hydrogens (tertiary/aromatic N) is 2. The predicted octanol–water partition coefficient (Wildman–Crippen LogP) is 5.02. The minimum Gasteiger partial charge on any atom is -0.368 e. The van der Waals surface area contributed by atoms with Gasteiger partial charge in [0.05, 0.1) is 11.3 Å². The molecule has 1 saturated heterocycles. The molecule has 10 heteroatoms. The molecule has 0 radical (unpaired) electrons. The van der Waals surface area contributed by atoms with Crippen LogP contribution in [0, 0.1) is 11.7 Å². The first-order valence-electron chi connectivity index (χ1n) is 10.8. The standard InChI is InChI=1S/C23H25ClF4N4O/c1-12(13-3-4-13)31-21(33)17-10-30-20(23(26,27)28)18(14-7-15(24)9-16(25)8-14)19(17)32-6-5-22(2,29)11-32/h7-10,12-13H,3-6,11,29H2,1-2H3,(H,31,33)/t12-,22-/m0/s1. The zero-order valence-electron chi connectivity index (χ0n) is 18.3. The van der Waals surface area contributed by atoms with Crippen molar-refractivity contribution in [1.82, 2.24) is 10.3 Å². The number of benzene rings is 1. The Balaban J connectivity index is 1.94. The van der Waals surface area contributed by atoms with Gasteiger partial charge in [0, 0.05) is 41.5 Å². The summed E-state index contributed by atoms with van der Waals surface area (Å²) in [5.74, 6) is -0.973. The van der Waals surface area contributed by atoms with Crippen LogP contribution in [-0.4, -0.2) is 35.6 Å². The van der Waals surface area contributed by atoms with E-state index in [-0.39, 0.29) is 40.0 Å². The summed E-state index contributed by atoms with van der Waals surface area (Å²) < 4.78 is 56.4. The van der Waals surface area contributed by atoms with E-state index >= 15 is 0 Å². The average Bonchev–Trinajstić information content (AvgIpc) is 3.48. The third-order valence-corrected chi connectivity index (χ3v) is 6.44. The number of nitrogens with two attached hydrogens (primary N) is 1. The topological polar surface area (TPSA) is 71.2 Å². The SMILES string of the molecule is C[C@H](NC(=O)c1cnc(C(F)(F)F)c(-c2cc(F)cc(Cl)c2)c1N1CC[C@](C)(N)C1)C1CC1. The van der Waals surface area contributed by atoms with E-state index in [0.29, 0.717) is 18.9 Å². The summed E-state index contributed by atoms with van der Waals surface area (Å²) in [4.78, 5) is 18.5. The van der Waals surface area contributed by atoms with Crippen molar-refractivity contribution >= 4 is 23.2 Å². The van der Waals surface area contributed by atoms with Crippen molar-refractivity contribution < 1.29 is 22.4 Å². The second-order valence-corrected chi connectivity index (χ2v) is 9.76. The first-order chi connectivity index (χ1) is 15.4. The Morgan fingerprint density at radius 3 is 2.58 bits per heavy atom. The van der Waals surface area contributed by atoms with Crippen molar-refractivity contribution in [2.24, 2.45) is 11.7 Å². The van der Waals surface area contributed by atoms with Crippen molar-refractivity contribution in [3.8, 4) is 11.1 Å². The Kier molecular flexibility index (Phi) is 6.07. The average molecular weight is 485 g/mol. The molecule has 1 aliphatic carbocycles. The van der Waals surface area contributed by atoms with Gasteiger partial charge in [-0.3, -0.25) is 9.78 Å². The number of halogens is 5. The van der Waals surface area contributed by atoms with Gasteiger partial charge in [-0.1, -0.05) is 11.6 Å². The van der Waals surface area contributed by atoms with E-state index in [4.69, 9.17) is 17.3 Å². The lowest BCUT2D eigenvalue weighted by Crippen LogP contribution is -2.40. The molecule has 1 aromatic carbocycles. The number of hydrogen-bond donors (Lipinski definition) is 2. The first-order valence-corrected chi connectivity index (χ1v) is 11.1. The van der Waals surface area contributed by atoms with Crippen molar-refractivity contribution in [2.45, 2.75) is 50.9 Å². The molecule has 1 amide bonds. The van der Waals surface area contributed by atoms with Gasteiger partial charge in [0.15, 0.2) is 5.69 Å². The highest BCUT2D eigenvalue weighted by molar-refractivity contribution is 6.31. The number of carbonyl (C=O) groups is 1. The smallest absolute Gasteiger partial charge is 0.368 e. The lowest BCUT2D eigenvalue weighted by Gasteiger charge is -2.28. The second-order valence-electron chi connectivity index (χ2n) is 9.33. The number of pyridine rings is 1. The Hall–Kier alpha value is -2.39. The molecule has 1 aliphatic heterocycles. The number of rotatable bonds is 5. The maximum atomic E-state index is 14.2. The van der Waals surface area contributed by atoms with Crippen molar-refractivity contribution in [3.05, 3.63) is 46.5 Å². The van der Waals surface area contributed by atoms with Gasteiger partial charge in [0.2, 0.25) is 0 Å². The Labute approximate surface area is 194 Å². The zero-order chi connectivity index (χ0) is 24.1. The zero-order valence-corrected chi connectivity index (χ0v) is 19.0. The maximum absolute atomic E-state index is 14.2. The highest BCUT2D eigenvalue weighted by Gasteiger charge is 2.41. The number of hydrogen-bond acceptors (Lipinski definition) is 4. The van der Waals surface area contributed by atoms with Gasteiger partial charge in [0.25, 0.3) is 5.91 Å². The van der Waals surface area contributed by atoms with Crippen LogP contribution in [0.5, 0.6) is 0 Å². The predicted molar refractivity (Wildman–Crippen MR) is 119 cm³/mol. The molecule has 178 valence electrons. The fourth-order valence-electron chi connectivity index (χ4n) is 4.36. The molecule has 0 bridgehead atoms. The number of carbonyl (C=O) groups excluding carboxylic acids is 1. The summed E-state index contributed by atoms with van der Waals surface area (Å²) in [6.45, 7) is 4.23. The molecule has 2 atom stereocenters. The van der Waals surface area contributed by atoms with Gasteiger partial charge in [-0.25, -0.2) is 4.39 Å². The van der Waals surface area contributed by atoms with E-state index < -0.39 is 29.1 Å². The number of anilines is 1. The quantitative estimate of drug-likeness (QED) is 0.585. The molecule has 1 aromatic heterocycles. The van der Waals surface area contributed by atoms with E-state index in [1.807, 2.05) is 6.92 Å². The molecule has 3 N–H and O–H groups in total. The normalized spacial score (nSPS) is 21.9. The molecule has 2 heterocycles. The van der Waals surface area contributed by atoms with E-state index in [1.54, 1.807) is 11.8 Å². The molecule has 2 aromatic rings. The monoisotopic (exact) mass is 484 g/mol. The van der Waals surface area contributed by atoms with Crippen LogP contribution in [0.1, 0.15) is 49.2 Å². The van der Waals surface area contributed by atoms with Crippen molar-refractivity contribution in [1.29, 1.82) is 0 Å². The number of nitrogens with one attached hydrogen (secondary N) is 1. The highest BCUT2D eigenvalue weighted by Crippen LogP contribution is 2.45. The van der Waals surface area contributed by atoms with Crippen molar-refractivity contribution in [3.63, 3.8) is 0 Å². The molecular formula is C23H25ClF4N4O. The largest absolute Gasteiger partial charge is 0.434 e. The minimum absolute atomic E-state index is 0.0106. The van der Waals surface area contributed by atoms with Gasteiger partial charge in [-0.2, -0.15) is 13.2 Å². The fourth-order valence-corrected chi connectivity index (χ4v) is 4.58. The molecule has 33 heavy (non-hydrogen) atoms. The van der Waals surface area contributed by atoms with Gasteiger partial charge in [-0.15, -0.1) is 0 Å². The second kappa shape index (κ2) is 8.43. The van der Waals surface area contributed by atoms with Crippen LogP contribution in [0.15, 0.2) is 24.4 Å². The lowest BCUT2D eigenvalue weighted by atomic mass is 9.96. The molecule has 2 fully saturated rings. The third-order valence-electron chi connectivity index (χ3n) is 6.22. The molecule has 1 saturated carbocycles. The van der Waals surface area contributed by atoms with Crippen LogP contribution in [0.3, 0.4) is 0 Å². The highest BCUT2D eigenvalue weighted by atomic mass is 35.5. The lowest BCUT2D eigenvalue weighted by molar-refractivity contribution is -0.140. The van der Waals surface area contributed by atoms with Crippen LogP contribution in [0.25, 0.3) is 11.1 Å². The van der Waals surface area contributed by atoms with E-state index in [0.717, 1.165) is 31.2 Å². The Morgan fingerprint density at radius 1 is 1.33 bits per heavy atom. The summed E-state index contributed by atoms with van der Waals surface area (Å²) in [5.41, 5.74) is 3.93. The van der Waals surface area contributed by atoms with Gasteiger partial charge >= 0.3 is 6.18 Å². The summed E-state index contributed by atoms with van der Waals surface area (Å²) in [6.07, 6.45) is -1.40. The number of alkyl halides is 3. The number of aromatic nitrogens is 1. The summed E-state index contributed by atoms with van der Waals surface area (Å²) in [7, 11) is 0. The van der Waals surface area contributed by atoms with Crippen LogP contribution < -0.4 is 16.0 Å². The molecule has 4 rings (SSSR count). The third kappa shape index (κ3) is 5.09. The number of amides is 1. The van der Waals surface area contributed by atoms with E-state index in [9.17, 15) is 22.4 Å². The van der Waals surface area contributed by atoms with Gasteiger partial charge in [0.1, 0.15) is 5.82 Å². The molecule has 0 spiro atoms. The first kappa shape index (κ1) is 23.8. The van der Waals surface area contributed by atoms with E-state index in [1.165, 1.54) is 6.07 Å². The van der Waals surface area contributed by atoms with Gasteiger partial charge in [-0.05, 0) is 62.8 Å². The van der Waals surface area contributed by atoms with Crippen LogP contribution >= 0.6 is 11.6 Å². The van der Waals surface area contributed by atoms with Crippen LogP contribution in [0.2, 0.25) is 5.02 Å². The summed E-state index contributed by atoms with van der Waals surface area (Å²) >= 11 is 5.98.